The number of carboxylic acid groups (broad SMARTS) is 1. The van der Waals surface area contributed by atoms with E-state index in [9.17, 15) is 9.59 Å². The van der Waals surface area contributed by atoms with Gasteiger partial charge in [-0.25, -0.2) is 4.79 Å². The number of amides is 1. The number of hydrogen-bond donors (Lipinski definition) is 2. The van der Waals surface area contributed by atoms with Crippen molar-refractivity contribution in [3.05, 3.63) is 0 Å². The van der Waals surface area contributed by atoms with Crippen LogP contribution in [0.15, 0.2) is 0 Å². The van der Waals surface area contributed by atoms with Gasteiger partial charge in [0, 0.05) is 14.2 Å². The molecule has 2 unspecified atom stereocenters. The molecule has 0 aliphatic heterocycles. The number of nitrogens with one attached hydrogen (secondary N) is 1. The molecular formula is C10H19NO5. The molecule has 0 bridgehead atoms. The summed E-state index contributed by atoms with van der Waals surface area (Å²) in [5, 5.41) is 11.4. The largest absolute Gasteiger partial charge is 0.479 e. The Labute approximate surface area is 94.9 Å². The van der Waals surface area contributed by atoms with E-state index in [4.69, 9.17) is 14.6 Å². The van der Waals surface area contributed by atoms with Crippen molar-refractivity contribution in [3.8, 4) is 0 Å². The van der Waals surface area contributed by atoms with Crippen molar-refractivity contribution < 1.29 is 24.2 Å². The first-order valence-corrected chi connectivity index (χ1v) is 4.90. The lowest BCUT2D eigenvalue weighted by molar-refractivity contribution is -0.150. The van der Waals surface area contributed by atoms with Gasteiger partial charge in [0.05, 0.1) is 19.1 Å². The maximum absolute atomic E-state index is 11.6. The van der Waals surface area contributed by atoms with Gasteiger partial charge >= 0.3 is 5.97 Å². The number of carbonyl (C=O) groups excluding carboxylic acids is 1. The predicted molar refractivity (Wildman–Crippen MR) is 57.1 cm³/mol. The molecule has 0 rings (SSSR count). The molecule has 16 heavy (non-hydrogen) atoms. The lowest BCUT2D eigenvalue weighted by Crippen LogP contribution is -2.56. The van der Waals surface area contributed by atoms with Crippen LogP contribution in [0, 0.1) is 5.92 Å². The highest BCUT2D eigenvalue weighted by Crippen LogP contribution is 2.07. The van der Waals surface area contributed by atoms with Crippen molar-refractivity contribution in [1.29, 1.82) is 0 Å². The van der Waals surface area contributed by atoms with Crippen LogP contribution >= 0.6 is 0 Å². The fraction of sp³-hybridized carbons (Fsp3) is 0.800. The van der Waals surface area contributed by atoms with E-state index >= 15 is 0 Å². The highest BCUT2D eigenvalue weighted by atomic mass is 16.5. The molecule has 0 saturated heterocycles. The highest BCUT2D eigenvalue weighted by molar-refractivity contribution is 5.87. The normalized spacial score (nSPS) is 16.2. The second-order valence-corrected chi connectivity index (χ2v) is 3.92. The van der Waals surface area contributed by atoms with E-state index in [0.717, 1.165) is 0 Å². The molecule has 1 amide bonds. The molecule has 0 aromatic rings. The maximum atomic E-state index is 11.6. The first-order valence-electron chi connectivity index (χ1n) is 4.90. The van der Waals surface area contributed by atoms with Gasteiger partial charge in [-0.05, 0) is 6.92 Å². The molecule has 0 aliphatic rings. The van der Waals surface area contributed by atoms with Crippen LogP contribution in [0.3, 0.4) is 0 Å². The van der Waals surface area contributed by atoms with Crippen molar-refractivity contribution in [2.75, 3.05) is 27.4 Å². The summed E-state index contributed by atoms with van der Waals surface area (Å²) in [6.45, 7) is 3.21. The predicted octanol–water partition coefficient (Wildman–Crippen LogP) is -0.125. The number of rotatable bonds is 7. The van der Waals surface area contributed by atoms with Crippen LogP contribution in [0.25, 0.3) is 0 Å². The quantitative estimate of drug-likeness (QED) is 0.640. The average molecular weight is 233 g/mol. The molecule has 2 atom stereocenters. The van der Waals surface area contributed by atoms with Crippen molar-refractivity contribution in [1.82, 2.24) is 5.32 Å². The number of aliphatic carboxylic acids is 1. The molecule has 6 nitrogen and oxygen atoms in total. The number of methoxy groups -OCH3 is 2. The second kappa shape index (κ2) is 6.44. The minimum Gasteiger partial charge on any atom is -0.479 e. The van der Waals surface area contributed by atoms with Gasteiger partial charge in [0.25, 0.3) is 0 Å². The maximum Gasteiger partial charge on any atom is 0.331 e. The van der Waals surface area contributed by atoms with Gasteiger partial charge in [0.2, 0.25) is 5.91 Å². The summed E-state index contributed by atoms with van der Waals surface area (Å²) >= 11 is 0. The molecule has 0 radical (unpaired) electrons. The summed E-state index contributed by atoms with van der Waals surface area (Å²) in [6, 6.07) is 0. The van der Waals surface area contributed by atoms with Crippen molar-refractivity contribution in [2.45, 2.75) is 19.4 Å². The van der Waals surface area contributed by atoms with Crippen LogP contribution in [0.1, 0.15) is 13.8 Å². The summed E-state index contributed by atoms with van der Waals surface area (Å²) in [5.41, 5.74) is -1.41. The molecule has 0 spiro atoms. The summed E-state index contributed by atoms with van der Waals surface area (Å²) in [4.78, 5) is 22.6. The van der Waals surface area contributed by atoms with Crippen LogP contribution in [0.2, 0.25) is 0 Å². The topological polar surface area (TPSA) is 84.9 Å². The highest BCUT2D eigenvalue weighted by Gasteiger charge is 2.35. The first-order chi connectivity index (χ1) is 7.37. The van der Waals surface area contributed by atoms with Gasteiger partial charge < -0.3 is 19.9 Å². The van der Waals surface area contributed by atoms with Crippen molar-refractivity contribution >= 4 is 11.9 Å². The van der Waals surface area contributed by atoms with E-state index in [1.165, 1.54) is 21.1 Å². The zero-order valence-corrected chi connectivity index (χ0v) is 10.1. The Morgan fingerprint density at radius 2 is 1.94 bits per heavy atom. The molecule has 2 N–H and O–H groups in total. The van der Waals surface area contributed by atoms with Gasteiger partial charge in [-0.1, -0.05) is 6.92 Å². The van der Waals surface area contributed by atoms with Crippen molar-refractivity contribution in [3.63, 3.8) is 0 Å². The van der Waals surface area contributed by atoms with E-state index in [1.54, 1.807) is 6.92 Å². The Morgan fingerprint density at radius 3 is 2.31 bits per heavy atom. The second-order valence-electron chi connectivity index (χ2n) is 3.92. The lowest BCUT2D eigenvalue weighted by Gasteiger charge is -2.26. The molecule has 0 aliphatic carbocycles. The van der Waals surface area contributed by atoms with Crippen LogP contribution in [-0.4, -0.2) is 50.0 Å². The van der Waals surface area contributed by atoms with E-state index in [1.807, 2.05) is 0 Å². The third-order valence-corrected chi connectivity index (χ3v) is 2.17. The zero-order valence-electron chi connectivity index (χ0n) is 10.1. The van der Waals surface area contributed by atoms with Gasteiger partial charge in [0.1, 0.15) is 0 Å². The van der Waals surface area contributed by atoms with Gasteiger partial charge in [-0.2, -0.15) is 0 Å². The minimum atomic E-state index is -1.41. The first kappa shape index (κ1) is 14.9. The average Bonchev–Trinajstić information content (AvgIpc) is 2.18. The van der Waals surface area contributed by atoms with E-state index < -0.39 is 17.4 Å². The zero-order chi connectivity index (χ0) is 12.8. The standard InChI is InChI=1S/C10H19NO5/c1-7(5-15-3)8(12)11-10(2,6-16-4)9(13)14/h7H,5-6H2,1-4H3,(H,11,12)(H,13,14). The molecular weight excluding hydrogens is 214 g/mol. The minimum absolute atomic E-state index is 0.0895. The SMILES string of the molecule is COCC(C)C(=O)NC(C)(COC)C(=O)O. The van der Waals surface area contributed by atoms with Crippen LogP contribution in [0.4, 0.5) is 0 Å². The Balaban J connectivity index is 4.52. The number of ether oxygens (including phenoxy) is 2. The molecule has 0 saturated carbocycles. The molecule has 0 aromatic heterocycles. The fourth-order valence-corrected chi connectivity index (χ4v) is 1.16. The molecule has 0 aromatic carbocycles. The summed E-state index contributed by atoms with van der Waals surface area (Å²) < 4.78 is 9.60. The van der Waals surface area contributed by atoms with Crippen LogP contribution in [-0.2, 0) is 19.1 Å². The number of carboxylic acids is 1. The summed E-state index contributed by atoms with van der Waals surface area (Å²) in [5.74, 6) is -1.91. The van der Waals surface area contributed by atoms with Crippen molar-refractivity contribution in [2.24, 2.45) is 5.92 Å². The summed E-state index contributed by atoms with van der Waals surface area (Å²) in [6.07, 6.45) is 0. The third kappa shape index (κ3) is 4.16. The Kier molecular flexibility index (Phi) is 5.98. The fourth-order valence-electron chi connectivity index (χ4n) is 1.16. The number of carbonyl (C=O) groups is 2. The van der Waals surface area contributed by atoms with E-state index in [-0.39, 0.29) is 19.1 Å². The molecule has 0 fully saturated rings. The van der Waals surface area contributed by atoms with E-state index in [2.05, 4.69) is 5.32 Å². The molecule has 94 valence electrons. The smallest absolute Gasteiger partial charge is 0.331 e. The lowest BCUT2D eigenvalue weighted by atomic mass is 10.0. The van der Waals surface area contributed by atoms with Gasteiger partial charge in [-0.3, -0.25) is 4.79 Å². The molecule has 6 heteroatoms. The summed E-state index contributed by atoms with van der Waals surface area (Å²) in [7, 11) is 2.86. The Bertz CT molecular complexity index is 256. The molecule has 0 heterocycles. The van der Waals surface area contributed by atoms with Gasteiger partial charge in [-0.15, -0.1) is 0 Å². The van der Waals surface area contributed by atoms with Crippen LogP contribution < -0.4 is 5.32 Å². The van der Waals surface area contributed by atoms with Gasteiger partial charge in [0.15, 0.2) is 5.54 Å². The monoisotopic (exact) mass is 233 g/mol. The number of hydrogen-bond acceptors (Lipinski definition) is 4. The Morgan fingerprint density at radius 1 is 1.38 bits per heavy atom. The van der Waals surface area contributed by atoms with Crippen LogP contribution in [0.5, 0.6) is 0 Å². The Hall–Kier alpha value is -1.14. The van der Waals surface area contributed by atoms with E-state index in [0.29, 0.717) is 0 Å². The third-order valence-electron chi connectivity index (χ3n) is 2.17.